The molecule has 3 atom stereocenters. The van der Waals surface area contributed by atoms with Gasteiger partial charge in [0.25, 0.3) is 0 Å². The number of hydrogen-bond acceptors (Lipinski definition) is 3. The number of fused-ring (bicyclic) bond motifs is 2. The van der Waals surface area contributed by atoms with Crippen molar-refractivity contribution in [2.45, 2.75) is 50.1 Å². The number of pyridine rings is 1. The molecular weight excluding hydrogens is 284 g/mol. The van der Waals surface area contributed by atoms with Crippen LogP contribution in [0.4, 0.5) is 0 Å². The Labute approximate surface area is 130 Å². The molecule has 0 N–H and O–H groups in total. The molecule has 2 aromatic rings. The smallest absolute Gasteiger partial charge is 0.160 e. The van der Waals surface area contributed by atoms with Gasteiger partial charge in [0.05, 0.1) is 5.38 Å². The molecular formula is C16H21ClN4. The van der Waals surface area contributed by atoms with Crippen LogP contribution in [0.2, 0.25) is 0 Å². The van der Waals surface area contributed by atoms with E-state index in [0.717, 1.165) is 23.0 Å². The fourth-order valence-corrected chi connectivity index (χ4v) is 4.18. The topological polar surface area (TPSA) is 34.0 Å². The minimum absolute atomic E-state index is 0.0826. The van der Waals surface area contributed by atoms with Crippen LogP contribution in [0, 0.1) is 0 Å². The number of imidazole rings is 1. The standard InChI is InChI=1S/C16H21ClN4/c1-11(17)15-19-14-5-2-7-18-16(14)21(15)13-6-9-20-8-3-4-12(20)10-13/h2,5,7,11-13H,3-4,6,8-10H2,1H3. The number of nitrogens with zero attached hydrogens (tertiary/aromatic N) is 4. The summed E-state index contributed by atoms with van der Waals surface area (Å²) in [5, 5.41) is -0.0826. The van der Waals surface area contributed by atoms with Gasteiger partial charge in [0, 0.05) is 24.8 Å². The molecule has 2 aliphatic rings. The van der Waals surface area contributed by atoms with Gasteiger partial charge in [-0.25, -0.2) is 9.97 Å². The van der Waals surface area contributed by atoms with Crippen molar-refractivity contribution in [2.24, 2.45) is 0 Å². The Morgan fingerprint density at radius 1 is 1.29 bits per heavy atom. The SMILES string of the molecule is CC(Cl)c1nc2cccnc2n1C1CCN2CCCC2C1. The van der Waals surface area contributed by atoms with Gasteiger partial charge in [-0.15, -0.1) is 11.6 Å². The quantitative estimate of drug-likeness (QED) is 0.796. The van der Waals surface area contributed by atoms with Gasteiger partial charge < -0.3 is 9.47 Å². The summed E-state index contributed by atoms with van der Waals surface area (Å²) >= 11 is 6.39. The number of piperidine rings is 1. The van der Waals surface area contributed by atoms with Crippen molar-refractivity contribution in [1.82, 2.24) is 19.4 Å². The first-order chi connectivity index (χ1) is 10.2. The van der Waals surface area contributed by atoms with Crippen LogP contribution < -0.4 is 0 Å². The molecule has 0 aromatic carbocycles. The van der Waals surface area contributed by atoms with Crippen LogP contribution in [0.15, 0.2) is 18.3 Å². The maximum atomic E-state index is 6.39. The summed E-state index contributed by atoms with van der Waals surface area (Å²) in [5.74, 6) is 0.974. The Hall–Kier alpha value is -1.13. The Morgan fingerprint density at radius 3 is 3.05 bits per heavy atom. The molecule has 4 nitrogen and oxygen atoms in total. The molecule has 4 rings (SSSR count). The van der Waals surface area contributed by atoms with Crippen molar-refractivity contribution >= 4 is 22.8 Å². The first-order valence-electron chi connectivity index (χ1n) is 7.95. The van der Waals surface area contributed by atoms with E-state index >= 15 is 0 Å². The molecule has 5 heteroatoms. The molecule has 4 heterocycles. The second kappa shape index (κ2) is 5.25. The van der Waals surface area contributed by atoms with Crippen LogP contribution in [-0.4, -0.2) is 38.6 Å². The first-order valence-corrected chi connectivity index (χ1v) is 8.38. The highest BCUT2D eigenvalue weighted by molar-refractivity contribution is 6.20. The van der Waals surface area contributed by atoms with E-state index in [0.29, 0.717) is 6.04 Å². The van der Waals surface area contributed by atoms with Crippen molar-refractivity contribution in [2.75, 3.05) is 13.1 Å². The van der Waals surface area contributed by atoms with Crippen LogP contribution in [0.25, 0.3) is 11.2 Å². The van der Waals surface area contributed by atoms with Gasteiger partial charge in [-0.2, -0.15) is 0 Å². The van der Waals surface area contributed by atoms with Crippen LogP contribution in [0.5, 0.6) is 0 Å². The molecule has 0 spiro atoms. The van der Waals surface area contributed by atoms with E-state index < -0.39 is 0 Å². The van der Waals surface area contributed by atoms with E-state index in [1.54, 1.807) is 0 Å². The van der Waals surface area contributed by atoms with Crippen LogP contribution >= 0.6 is 11.6 Å². The molecule has 21 heavy (non-hydrogen) atoms. The number of hydrogen-bond donors (Lipinski definition) is 0. The Bertz CT molecular complexity index is 651. The monoisotopic (exact) mass is 304 g/mol. The fourth-order valence-electron chi connectivity index (χ4n) is 4.03. The Balaban J connectivity index is 1.76. The molecule has 2 saturated heterocycles. The van der Waals surface area contributed by atoms with Crippen molar-refractivity contribution < 1.29 is 0 Å². The number of alkyl halides is 1. The highest BCUT2D eigenvalue weighted by atomic mass is 35.5. The highest BCUT2D eigenvalue weighted by Crippen LogP contribution is 2.37. The molecule has 0 saturated carbocycles. The maximum absolute atomic E-state index is 6.39. The van der Waals surface area contributed by atoms with Crippen molar-refractivity contribution in [3.05, 3.63) is 24.2 Å². The van der Waals surface area contributed by atoms with Crippen molar-refractivity contribution in [3.8, 4) is 0 Å². The predicted octanol–water partition coefficient (Wildman–Crippen LogP) is 3.53. The lowest BCUT2D eigenvalue weighted by atomic mass is 9.97. The summed E-state index contributed by atoms with van der Waals surface area (Å²) in [5.41, 5.74) is 1.96. The number of aromatic nitrogens is 3. The van der Waals surface area contributed by atoms with E-state index in [1.807, 2.05) is 25.3 Å². The third-order valence-electron chi connectivity index (χ3n) is 4.99. The Kier molecular flexibility index (Phi) is 3.38. The molecule has 112 valence electrons. The third kappa shape index (κ3) is 2.25. The van der Waals surface area contributed by atoms with Crippen LogP contribution in [0.1, 0.15) is 49.9 Å². The zero-order valence-corrected chi connectivity index (χ0v) is 13.1. The summed E-state index contributed by atoms with van der Waals surface area (Å²) in [6.07, 6.45) is 6.92. The minimum atomic E-state index is -0.0826. The zero-order chi connectivity index (χ0) is 14.4. The lowest BCUT2D eigenvalue weighted by Gasteiger charge is -2.36. The third-order valence-corrected chi connectivity index (χ3v) is 5.18. The van der Waals surface area contributed by atoms with E-state index in [4.69, 9.17) is 16.6 Å². The summed E-state index contributed by atoms with van der Waals surface area (Å²) in [6, 6.07) is 5.21. The van der Waals surface area contributed by atoms with Crippen LogP contribution in [-0.2, 0) is 0 Å². The van der Waals surface area contributed by atoms with E-state index in [-0.39, 0.29) is 5.38 Å². The summed E-state index contributed by atoms with van der Waals surface area (Å²) in [6.45, 7) is 4.47. The van der Waals surface area contributed by atoms with E-state index in [1.165, 1.54) is 38.8 Å². The molecule has 0 bridgehead atoms. The highest BCUT2D eigenvalue weighted by Gasteiger charge is 2.34. The maximum Gasteiger partial charge on any atom is 0.160 e. The fraction of sp³-hybridized carbons (Fsp3) is 0.625. The van der Waals surface area contributed by atoms with Gasteiger partial charge in [0.2, 0.25) is 0 Å². The lowest BCUT2D eigenvalue weighted by Crippen LogP contribution is -2.39. The van der Waals surface area contributed by atoms with Gasteiger partial charge in [-0.05, 0) is 51.3 Å². The van der Waals surface area contributed by atoms with Gasteiger partial charge in [-0.1, -0.05) is 0 Å². The first kappa shape index (κ1) is 13.5. The largest absolute Gasteiger partial charge is 0.308 e. The van der Waals surface area contributed by atoms with E-state index in [2.05, 4.69) is 14.5 Å². The van der Waals surface area contributed by atoms with E-state index in [9.17, 15) is 0 Å². The average Bonchev–Trinajstić information content (AvgIpc) is 3.10. The minimum Gasteiger partial charge on any atom is -0.308 e. The summed E-state index contributed by atoms with van der Waals surface area (Å²) in [7, 11) is 0. The van der Waals surface area contributed by atoms with Crippen molar-refractivity contribution in [3.63, 3.8) is 0 Å². The van der Waals surface area contributed by atoms with Gasteiger partial charge >= 0.3 is 0 Å². The molecule has 2 aliphatic heterocycles. The average molecular weight is 305 g/mol. The number of rotatable bonds is 2. The lowest BCUT2D eigenvalue weighted by molar-refractivity contribution is 0.155. The number of halogens is 1. The molecule has 0 amide bonds. The molecule has 2 aromatic heterocycles. The van der Waals surface area contributed by atoms with Crippen molar-refractivity contribution in [1.29, 1.82) is 0 Å². The second-order valence-corrected chi connectivity index (χ2v) is 6.97. The normalized spacial score (nSPS) is 27.9. The predicted molar refractivity (Wildman–Crippen MR) is 84.7 cm³/mol. The molecule has 2 fully saturated rings. The Morgan fingerprint density at radius 2 is 2.19 bits per heavy atom. The van der Waals surface area contributed by atoms with Gasteiger partial charge in [-0.3, -0.25) is 0 Å². The molecule has 3 unspecified atom stereocenters. The summed E-state index contributed by atoms with van der Waals surface area (Å²) in [4.78, 5) is 11.9. The van der Waals surface area contributed by atoms with Gasteiger partial charge in [0.15, 0.2) is 5.65 Å². The molecule has 0 aliphatic carbocycles. The molecule has 0 radical (unpaired) electrons. The zero-order valence-electron chi connectivity index (χ0n) is 12.4. The second-order valence-electron chi connectivity index (χ2n) is 6.31. The van der Waals surface area contributed by atoms with Crippen LogP contribution in [0.3, 0.4) is 0 Å². The van der Waals surface area contributed by atoms with Gasteiger partial charge in [0.1, 0.15) is 11.3 Å². The summed E-state index contributed by atoms with van der Waals surface area (Å²) < 4.78 is 2.32.